The lowest BCUT2D eigenvalue weighted by Gasteiger charge is -2.12. The summed E-state index contributed by atoms with van der Waals surface area (Å²) in [5.74, 6) is 0.779. The van der Waals surface area contributed by atoms with E-state index in [0.29, 0.717) is 0 Å². The molecule has 13 heavy (non-hydrogen) atoms. The molecule has 0 spiro atoms. The largest absolute Gasteiger partial charge is 0.496 e. The average Bonchev–Trinajstić information content (AvgIpc) is 2.16. The minimum Gasteiger partial charge on any atom is -0.496 e. The summed E-state index contributed by atoms with van der Waals surface area (Å²) < 4.78 is 6.17. The van der Waals surface area contributed by atoms with Gasteiger partial charge in [-0.1, -0.05) is 28.1 Å². The molecule has 0 heterocycles. The number of hydrogen-bond donors (Lipinski definition) is 1. The van der Waals surface area contributed by atoms with Gasteiger partial charge in [0.25, 0.3) is 0 Å². The van der Waals surface area contributed by atoms with Crippen molar-refractivity contribution in [3.8, 4) is 5.75 Å². The number of benzene rings is 1. The van der Waals surface area contributed by atoms with Gasteiger partial charge in [0, 0.05) is 10.0 Å². The molecule has 0 amide bonds. The van der Waals surface area contributed by atoms with Gasteiger partial charge in [0.1, 0.15) is 5.75 Å². The van der Waals surface area contributed by atoms with Crippen LogP contribution in [-0.4, -0.2) is 7.11 Å². The molecule has 0 aromatic heterocycles. The summed E-state index contributed by atoms with van der Waals surface area (Å²) in [4.78, 5) is 0. The highest BCUT2D eigenvalue weighted by atomic mass is 79.9. The first-order valence-corrected chi connectivity index (χ1v) is 4.70. The predicted molar refractivity (Wildman–Crippen MR) is 57.8 cm³/mol. The summed E-state index contributed by atoms with van der Waals surface area (Å²) in [5.41, 5.74) is 6.75. The van der Waals surface area contributed by atoms with Crippen LogP contribution in [0.3, 0.4) is 0 Å². The van der Waals surface area contributed by atoms with Crippen molar-refractivity contribution in [2.24, 2.45) is 5.73 Å². The Labute approximate surface area is 86.5 Å². The quantitative estimate of drug-likeness (QED) is 0.827. The third-order valence-electron chi connectivity index (χ3n) is 1.81. The molecule has 0 aliphatic rings. The SMILES string of the molecule is C=C[C@@H](N)c1ccc(Br)cc1OC. The molecule has 1 aromatic carbocycles. The standard InChI is InChI=1S/C10H12BrNO/c1-3-9(12)8-5-4-7(11)6-10(8)13-2/h3-6,9H,1,12H2,2H3/t9-/m1/s1. The number of hydrogen-bond acceptors (Lipinski definition) is 2. The Bertz CT molecular complexity index is 312. The first kappa shape index (κ1) is 10.3. The molecule has 2 nitrogen and oxygen atoms in total. The maximum atomic E-state index is 5.81. The van der Waals surface area contributed by atoms with Gasteiger partial charge in [0.2, 0.25) is 0 Å². The Morgan fingerprint density at radius 3 is 2.85 bits per heavy atom. The van der Waals surface area contributed by atoms with E-state index in [4.69, 9.17) is 10.5 Å². The third kappa shape index (κ3) is 2.32. The van der Waals surface area contributed by atoms with Gasteiger partial charge in [-0.15, -0.1) is 6.58 Å². The maximum absolute atomic E-state index is 5.81. The second-order valence-electron chi connectivity index (χ2n) is 2.65. The van der Waals surface area contributed by atoms with Crippen LogP contribution in [0.5, 0.6) is 5.75 Å². The minimum atomic E-state index is -0.178. The van der Waals surface area contributed by atoms with E-state index < -0.39 is 0 Å². The Morgan fingerprint density at radius 2 is 2.31 bits per heavy atom. The van der Waals surface area contributed by atoms with E-state index in [1.807, 2.05) is 18.2 Å². The van der Waals surface area contributed by atoms with Gasteiger partial charge < -0.3 is 10.5 Å². The van der Waals surface area contributed by atoms with Crippen molar-refractivity contribution in [2.45, 2.75) is 6.04 Å². The lowest BCUT2D eigenvalue weighted by Crippen LogP contribution is -2.08. The van der Waals surface area contributed by atoms with Gasteiger partial charge in [-0.2, -0.15) is 0 Å². The third-order valence-corrected chi connectivity index (χ3v) is 2.30. The van der Waals surface area contributed by atoms with Crippen molar-refractivity contribution in [2.75, 3.05) is 7.11 Å². The fraction of sp³-hybridized carbons (Fsp3) is 0.200. The van der Waals surface area contributed by atoms with Crippen LogP contribution >= 0.6 is 15.9 Å². The lowest BCUT2D eigenvalue weighted by molar-refractivity contribution is 0.408. The molecule has 0 saturated carbocycles. The lowest BCUT2D eigenvalue weighted by atomic mass is 10.1. The summed E-state index contributed by atoms with van der Waals surface area (Å²) >= 11 is 3.36. The molecular formula is C10H12BrNO. The van der Waals surface area contributed by atoms with Gasteiger partial charge in [0.15, 0.2) is 0 Å². The highest BCUT2D eigenvalue weighted by molar-refractivity contribution is 9.10. The molecule has 0 radical (unpaired) electrons. The van der Waals surface area contributed by atoms with Gasteiger partial charge in [-0.3, -0.25) is 0 Å². The number of halogens is 1. The Hall–Kier alpha value is -0.800. The molecule has 0 aliphatic heterocycles. The van der Waals surface area contributed by atoms with Crippen molar-refractivity contribution in [3.63, 3.8) is 0 Å². The second-order valence-corrected chi connectivity index (χ2v) is 3.56. The average molecular weight is 242 g/mol. The predicted octanol–water partition coefficient (Wildman–Crippen LogP) is 2.64. The van der Waals surface area contributed by atoms with Crippen LogP contribution in [0, 0.1) is 0 Å². The zero-order chi connectivity index (χ0) is 9.84. The Kier molecular flexibility index (Phi) is 3.51. The number of nitrogens with two attached hydrogens (primary N) is 1. The summed E-state index contributed by atoms with van der Waals surface area (Å²) in [6.07, 6.45) is 1.69. The molecule has 0 fully saturated rings. The fourth-order valence-corrected chi connectivity index (χ4v) is 1.43. The van der Waals surface area contributed by atoms with E-state index in [0.717, 1.165) is 15.8 Å². The topological polar surface area (TPSA) is 35.2 Å². The zero-order valence-electron chi connectivity index (χ0n) is 7.46. The molecule has 2 N–H and O–H groups in total. The van der Waals surface area contributed by atoms with Crippen molar-refractivity contribution in [3.05, 3.63) is 40.9 Å². The van der Waals surface area contributed by atoms with Crippen LogP contribution in [0.15, 0.2) is 35.3 Å². The van der Waals surface area contributed by atoms with E-state index in [-0.39, 0.29) is 6.04 Å². The van der Waals surface area contributed by atoms with Gasteiger partial charge in [0.05, 0.1) is 13.2 Å². The number of ether oxygens (including phenoxy) is 1. The number of methoxy groups -OCH3 is 1. The second kappa shape index (κ2) is 4.44. The Morgan fingerprint density at radius 1 is 1.62 bits per heavy atom. The van der Waals surface area contributed by atoms with E-state index in [1.54, 1.807) is 13.2 Å². The van der Waals surface area contributed by atoms with Gasteiger partial charge in [-0.25, -0.2) is 0 Å². The van der Waals surface area contributed by atoms with Gasteiger partial charge >= 0.3 is 0 Å². The van der Waals surface area contributed by atoms with Crippen LogP contribution in [0.2, 0.25) is 0 Å². The highest BCUT2D eigenvalue weighted by Gasteiger charge is 2.08. The molecule has 1 aromatic rings. The Balaban J connectivity index is 3.12. The highest BCUT2D eigenvalue weighted by Crippen LogP contribution is 2.27. The maximum Gasteiger partial charge on any atom is 0.125 e. The molecule has 3 heteroatoms. The molecule has 0 aliphatic carbocycles. The molecule has 0 bridgehead atoms. The first-order valence-electron chi connectivity index (χ1n) is 3.90. The van der Waals surface area contributed by atoms with E-state index >= 15 is 0 Å². The molecule has 0 unspecified atom stereocenters. The van der Waals surface area contributed by atoms with Crippen LogP contribution in [-0.2, 0) is 0 Å². The first-order chi connectivity index (χ1) is 6.19. The fourth-order valence-electron chi connectivity index (χ4n) is 1.09. The van der Waals surface area contributed by atoms with Crippen LogP contribution in [0.1, 0.15) is 11.6 Å². The molecule has 1 atom stereocenters. The summed E-state index contributed by atoms with van der Waals surface area (Å²) in [6, 6.07) is 5.57. The monoisotopic (exact) mass is 241 g/mol. The van der Waals surface area contributed by atoms with Crippen LogP contribution < -0.4 is 10.5 Å². The van der Waals surface area contributed by atoms with Crippen LogP contribution in [0.4, 0.5) is 0 Å². The van der Waals surface area contributed by atoms with Crippen LogP contribution in [0.25, 0.3) is 0 Å². The van der Waals surface area contributed by atoms with E-state index in [2.05, 4.69) is 22.5 Å². The normalized spacial score (nSPS) is 12.2. The van der Waals surface area contributed by atoms with Crippen molar-refractivity contribution < 1.29 is 4.74 Å². The minimum absolute atomic E-state index is 0.178. The van der Waals surface area contributed by atoms with Crippen molar-refractivity contribution in [1.29, 1.82) is 0 Å². The van der Waals surface area contributed by atoms with E-state index in [1.165, 1.54) is 0 Å². The molecule has 1 rings (SSSR count). The smallest absolute Gasteiger partial charge is 0.125 e. The van der Waals surface area contributed by atoms with Crippen molar-refractivity contribution in [1.82, 2.24) is 0 Å². The zero-order valence-corrected chi connectivity index (χ0v) is 9.04. The van der Waals surface area contributed by atoms with Gasteiger partial charge in [-0.05, 0) is 12.1 Å². The van der Waals surface area contributed by atoms with Crippen molar-refractivity contribution >= 4 is 15.9 Å². The molecule has 70 valence electrons. The summed E-state index contributed by atoms with van der Waals surface area (Å²) in [5, 5.41) is 0. The number of rotatable bonds is 3. The molecule has 0 saturated heterocycles. The van der Waals surface area contributed by atoms with E-state index in [9.17, 15) is 0 Å². The molecular weight excluding hydrogens is 230 g/mol. The summed E-state index contributed by atoms with van der Waals surface area (Å²) in [6.45, 7) is 3.64. The summed E-state index contributed by atoms with van der Waals surface area (Å²) in [7, 11) is 1.63.